The molecule has 0 aromatic heterocycles. The molecule has 1 aromatic rings. The molecule has 1 saturated heterocycles. The van der Waals surface area contributed by atoms with E-state index in [9.17, 15) is 5.11 Å². The molecule has 2 rings (SSSR count). The Morgan fingerprint density at radius 3 is 2.33 bits per heavy atom. The number of benzene rings is 1. The van der Waals surface area contributed by atoms with Gasteiger partial charge in [0.05, 0.1) is 0 Å². The van der Waals surface area contributed by atoms with Crippen LogP contribution in [0.4, 0.5) is 0 Å². The van der Waals surface area contributed by atoms with Crippen molar-refractivity contribution in [3.05, 3.63) is 27.3 Å². The maximum atomic E-state index is 10.3. The standard InChI is InChI=1S/C14H21ClN2O/c1-9-10(2)14(18)12(11(3)13(9)15)8-17-6-4-16-5-7-17/h16,18H,4-8H2,1-3H3. The van der Waals surface area contributed by atoms with Gasteiger partial charge in [0.15, 0.2) is 0 Å². The number of phenolic OH excluding ortho intramolecular Hbond substituents is 1. The van der Waals surface area contributed by atoms with Crippen molar-refractivity contribution < 1.29 is 5.11 Å². The summed E-state index contributed by atoms with van der Waals surface area (Å²) in [5, 5.41) is 14.4. The Kier molecular flexibility index (Phi) is 4.15. The largest absolute Gasteiger partial charge is 0.507 e. The Hall–Kier alpha value is -0.770. The minimum absolute atomic E-state index is 0.410. The Labute approximate surface area is 114 Å². The Bertz CT molecular complexity index is 425. The summed E-state index contributed by atoms with van der Waals surface area (Å²) in [6.45, 7) is 10.7. The van der Waals surface area contributed by atoms with Crippen LogP contribution in [0.5, 0.6) is 5.75 Å². The molecule has 0 unspecified atom stereocenters. The summed E-state index contributed by atoms with van der Waals surface area (Å²) >= 11 is 6.34. The van der Waals surface area contributed by atoms with Crippen LogP contribution in [0, 0.1) is 20.8 Å². The molecule has 100 valence electrons. The highest BCUT2D eigenvalue weighted by Gasteiger charge is 2.18. The van der Waals surface area contributed by atoms with Crippen LogP contribution in [0.25, 0.3) is 0 Å². The van der Waals surface area contributed by atoms with E-state index in [1.807, 2.05) is 20.8 Å². The zero-order chi connectivity index (χ0) is 13.3. The van der Waals surface area contributed by atoms with Crippen LogP contribution in [0.2, 0.25) is 5.02 Å². The molecule has 1 aliphatic heterocycles. The number of nitrogens with zero attached hydrogens (tertiary/aromatic N) is 1. The van der Waals surface area contributed by atoms with Gasteiger partial charge in [-0.1, -0.05) is 11.6 Å². The minimum Gasteiger partial charge on any atom is -0.507 e. The lowest BCUT2D eigenvalue weighted by molar-refractivity contribution is 0.230. The van der Waals surface area contributed by atoms with E-state index >= 15 is 0 Å². The first-order chi connectivity index (χ1) is 8.52. The van der Waals surface area contributed by atoms with Gasteiger partial charge in [0.2, 0.25) is 0 Å². The number of hydrogen-bond donors (Lipinski definition) is 2. The van der Waals surface area contributed by atoms with E-state index < -0.39 is 0 Å². The number of aromatic hydroxyl groups is 1. The predicted octanol–water partition coefficient (Wildman–Crippen LogP) is 2.38. The van der Waals surface area contributed by atoms with Crippen LogP contribution in [-0.2, 0) is 6.54 Å². The minimum atomic E-state index is 0.410. The molecule has 0 aliphatic carbocycles. The lowest BCUT2D eigenvalue weighted by Gasteiger charge is -2.28. The summed E-state index contributed by atoms with van der Waals surface area (Å²) < 4.78 is 0. The second-order valence-electron chi connectivity index (χ2n) is 5.04. The topological polar surface area (TPSA) is 35.5 Å². The SMILES string of the molecule is Cc1c(C)c(Cl)c(C)c(CN2CCNCC2)c1O. The highest BCUT2D eigenvalue weighted by molar-refractivity contribution is 6.32. The van der Waals surface area contributed by atoms with Crippen LogP contribution < -0.4 is 5.32 Å². The molecule has 1 heterocycles. The summed E-state index contributed by atoms with van der Waals surface area (Å²) in [5.41, 5.74) is 3.87. The fourth-order valence-electron chi connectivity index (χ4n) is 2.45. The number of halogens is 1. The van der Waals surface area contributed by atoms with Crippen molar-refractivity contribution in [1.82, 2.24) is 10.2 Å². The summed E-state index contributed by atoms with van der Waals surface area (Å²) in [6, 6.07) is 0. The van der Waals surface area contributed by atoms with Crippen LogP contribution in [-0.4, -0.2) is 36.2 Å². The summed E-state index contributed by atoms with van der Waals surface area (Å²) in [6.07, 6.45) is 0. The van der Waals surface area contributed by atoms with Crippen molar-refractivity contribution in [3.63, 3.8) is 0 Å². The molecular formula is C14H21ClN2O. The van der Waals surface area contributed by atoms with E-state index in [1.54, 1.807) is 0 Å². The van der Waals surface area contributed by atoms with Crippen LogP contribution in [0.15, 0.2) is 0 Å². The first kappa shape index (κ1) is 13.7. The molecule has 0 saturated carbocycles. The normalized spacial score (nSPS) is 17.1. The molecule has 3 nitrogen and oxygen atoms in total. The van der Waals surface area contributed by atoms with Gasteiger partial charge in [-0.2, -0.15) is 0 Å². The van der Waals surface area contributed by atoms with Crippen molar-refractivity contribution in [2.45, 2.75) is 27.3 Å². The molecule has 0 radical (unpaired) electrons. The number of nitrogens with one attached hydrogen (secondary N) is 1. The molecule has 0 bridgehead atoms. The number of piperazine rings is 1. The second-order valence-corrected chi connectivity index (χ2v) is 5.42. The molecule has 0 atom stereocenters. The molecular weight excluding hydrogens is 248 g/mol. The fraction of sp³-hybridized carbons (Fsp3) is 0.571. The maximum absolute atomic E-state index is 10.3. The smallest absolute Gasteiger partial charge is 0.123 e. The average molecular weight is 269 g/mol. The van der Waals surface area contributed by atoms with Crippen LogP contribution in [0.3, 0.4) is 0 Å². The third-order valence-electron chi connectivity index (χ3n) is 3.91. The highest BCUT2D eigenvalue weighted by atomic mass is 35.5. The molecule has 18 heavy (non-hydrogen) atoms. The number of phenols is 1. The number of hydrogen-bond acceptors (Lipinski definition) is 3. The highest BCUT2D eigenvalue weighted by Crippen LogP contribution is 2.35. The summed E-state index contributed by atoms with van der Waals surface area (Å²) in [5.74, 6) is 0.410. The quantitative estimate of drug-likeness (QED) is 0.865. The maximum Gasteiger partial charge on any atom is 0.123 e. The van der Waals surface area contributed by atoms with E-state index in [-0.39, 0.29) is 0 Å². The third-order valence-corrected chi connectivity index (χ3v) is 4.47. The lowest BCUT2D eigenvalue weighted by atomic mass is 9.98. The molecule has 1 aromatic carbocycles. The first-order valence-electron chi connectivity index (χ1n) is 6.42. The van der Waals surface area contributed by atoms with Crippen molar-refractivity contribution >= 4 is 11.6 Å². The summed E-state index contributed by atoms with van der Waals surface area (Å²) in [4.78, 5) is 2.35. The van der Waals surface area contributed by atoms with Crippen LogP contribution in [0.1, 0.15) is 22.3 Å². The van der Waals surface area contributed by atoms with Crippen molar-refractivity contribution in [1.29, 1.82) is 0 Å². The van der Waals surface area contributed by atoms with Gasteiger partial charge in [0, 0.05) is 43.3 Å². The molecule has 2 N–H and O–H groups in total. The molecule has 1 fully saturated rings. The van der Waals surface area contributed by atoms with Crippen molar-refractivity contribution in [2.75, 3.05) is 26.2 Å². The molecule has 1 aliphatic rings. The summed E-state index contributed by atoms with van der Waals surface area (Å²) in [7, 11) is 0. The van der Waals surface area contributed by atoms with Gasteiger partial charge >= 0.3 is 0 Å². The van der Waals surface area contributed by atoms with Gasteiger partial charge in [-0.25, -0.2) is 0 Å². The van der Waals surface area contributed by atoms with E-state index in [4.69, 9.17) is 11.6 Å². The Morgan fingerprint density at radius 2 is 1.72 bits per heavy atom. The monoisotopic (exact) mass is 268 g/mol. The number of rotatable bonds is 2. The fourth-order valence-corrected chi connectivity index (χ4v) is 2.70. The second kappa shape index (κ2) is 5.47. The zero-order valence-corrected chi connectivity index (χ0v) is 12.1. The van der Waals surface area contributed by atoms with E-state index in [1.165, 1.54) is 0 Å². The van der Waals surface area contributed by atoms with Crippen molar-refractivity contribution in [3.8, 4) is 5.75 Å². The lowest BCUT2D eigenvalue weighted by Crippen LogP contribution is -2.43. The van der Waals surface area contributed by atoms with Gasteiger partial charge in [-0.15, -0.1) is 0 Å². The van der Waals surface area contributed by atoms with Gasteiger partial charge < -0.3 is 10.4 Å². The predicted molar refractivity (Wildman–Crippen MR) is 75.5 cm³/mol. The molecule has 4 heteroatoms. The van der Waals surface area contributed by atoms with Gasteiger partial charge in [-0.3, -0.25) is 4.90 Å². The van der Waals surface area contributed by atoms with Gasteiger partial charge in [-0.05, 0) is 37.5 Å². The average Bonchev–Trinajstić information content (AvgIpc) is 2.40. The van der Waals surface area contributed by atoms with E-state index in [0.717, 1.165) is 60.0 Å². The molecule has 0 spiro atoms. The first-order valence-corrected chi connectivity index (χ1v) is 6.80. The van der Waals surface area contributed by atoms with Gasteiger partial charge in [0.25, 0.3) is 0 Å². The Morgan fingerprint density at radius 1 is 1.11 bits per heavy atom. The Balaban J connectivity index is 2.32. The van der Waals surface area contributed by atoms with Crippen molar-refractivity contribution in [2.24, 2.45) is 0 Å². The van der Waals surface area contributed by atoms with E-state index in [0.29, 0.717) is 5.75 Å². The third kappa shape index (κ3) is 2.48. The van der Waals surface area contributed by atoms with Gasteiger partial charge in [0.1, 0.15) is 5.75 Å². The van der Waals surface area contributed by atoms with Crippen LogP contribution >= 0.6 is 11.6 Å². The molecule has 0 amide bonds. The van der Waals surface area contributed by atoms with E-state index in [2.05, 4.69) is 10.2 Å². The zero-order valence-electron chi connectivity index (χ0n) is 11.3.